The zero-order valence-corrected chi connectivity index (χ0v) is 11.7. The van der Waals surface area contributed by atoms with Gasteiger partial charge >= 0.3 is 12.0 Å². The van der Waals surface area contributed by atoms with Gasteiger partial charge in [0.05, 0.1) is 6.54 Å². The lowest BCUT2D eigenvalue weighted by Gasteiger charge is -2.07. The summed E-state index contributed by atoms with van der Waals surface area (Å²) in [6, 6.07) is 1.06. The molecule has 7 heteroatoms. The normalized spacial score (nSPS) is 9.39. The summed E-state index contributed by atoms with van der Waals surface area (Å²) in [4.78, 5) is 21.9. The van der Waals surface area contributed by atoms with Crippen LogP contribution in [0.25, 0.3) is 0 Å². The molecular formula is C11H20N2O4Si. The number of ether oxygens (including phenoxy) is 1. The summed E-state index contributed by atoms with van der Waals surface area (Å²) in [7, 11) is -1.45. The van der Waals surface area contributed by atoms with Gasteiger partial charge in [-0.05, 0) is 18.5 Å². The second-order valence-corrected chi connectivity index (χ2v) is 5.83. The molecule has 0 aromatic rings. The van der Waals surface area contributed by atoms with E-state index in [4.69, 9.17) is 0 Å². The van der Waals surface area contributed by atoms with Gasteiger partial charge in [-0.2, -0.15) is 0 Å². The molecule has 2 N–H and O–H groups in total. The van der Waals surface area contributed by atoms with Crippen LogP contribution >= 0.6 is 0 Å². The molecule has 0 aromatic heterocycles. The third kappa shape index (κ3) is 9.70. The van der Waals surface area contributed by atoms with Crippen LogP contribution in [0, 0.1) is 0 Å². The molecule has 102 valence electrons. The molecule has 0 spiro atoms. The van der Waals surface area contributed by atoms with Crippen LogP contribution in [-0.4, -0.2) is 40.4 Å². The molecule has 18 heavy (non-hydrogen) atoms. The minimum Gasteiger partial charge on any atom is -0.461 e. The standard InChI is InChI=1S/C11H20N2O4Si/c1-3-10(14)17-8-7-13-11(15)12-6-5-9-18(16)4-2/h3H,1,4-9H2,2H3,(H2,12,13,15). The lowest BCUT2D eigenvalue weighted by atomic mass is 10.5. The van der Waals surface area contributed by atoms with Crippen molar-refractivity contribution in [3.63, 3.8) is 0 Å². The second-order valence-electron chi connectivity index (χ2n) is 3.55. The summed E-state index contributed by atoms with van der Waals surface area (Å²) in [5, 5.41) is 5.16. The molecule has 0 aliphatic heterocycles. The predicted molar refractivity (Wildman–Crippen MR) is 68.9 cm³/mol. The number of esters is 1. The van der Waals surface area contributed by atoms with Crippen molar-refractivity contribution in [2.24, 2.45) is 0 Å². The average Bonchev–Trinajstić information content (AvgIpc) is 2.38. The smallest absolute Gasteiger partial charge is 0.330 e. The van der Waals surface area contributed by atoms with Crippen molar-refractivity contribution in [2.75, 3.05) is 19.7 Å². The number of amides is 2. The van der Waals surface area contributed by atoms with Gasteiger partial charge in [0.1, 0.15) is 6.61 Å². The lowest BCUT2D eigenvalue weighted by Crippen LogP contribution is -2.38. The first-order valence-electron chi connectivity index (χ1n) is 5.92. The summed E-state index contributed by atoms with van der Waals surface area (Å²) in [5.41, 5.74) is 0. The largest absolute Gasteiger partial charge is 0.461 e. The van der Waals surface area contributed by atoms with Gasteiger partial charge in [0.15, 0.2) is 0 Å². The molecule has 0 saturated carbocycles. The van der Waals surface area contributed by atoms with Crippen LogP contribution in [0.3, 0.4) is 0 Å². The molecule has 0 aliphatic carbocycles. The number of rotatable bonds is 9. The van der Waals surface area contributed by atoms with E-state index < -0.39 is 14.7 Å². The first-order valence-corrected chi connectivity index (χ1v) is 7.75. The number of nitrogens with one attached hydrogen (secondary N) is 2. The Balaban J connectivity index is 3.40. The number of carbonyl (C=O) groups is 2. The third-order valence-electron chi connectivity index (χ3n) is 2.11. The van der Waals surface area contributed by atoms with E-state index in [0.717, 1.165) is 6.08 Å². The maximum Gasteiger partial charge on any atom is 0.330 e. The molecule has 0 radical (unpaired) electrons. The van der Waals surface area contributed by atoms with E-state index in [-0.39, 0.29) is 19.2 Å². The van der Waals surface area contributed by atoms with E-state index in [2.05, 4.69) is 21.9 Å². The van der Waals surface area contributed by atoms with Crippen molar-refractivity contribution in [1.82, 2.24) is 10.6 Å². The summed E-state index contributed by atoms with van der Waals surface area (Å²) >= 11 is 0. The first-order chi connectivity index (χ1) is 8.60. The number of hydrogen-bond acceptors (Lipinski definition) is 4. The summed E-state index contributed by atoms with van der Waals surface area (Å²) in [5.74, 6) is -0.512. The van der Waals surface area contributed by atoms with Crippen molar-refractivity contribution in [2.45, 2.75) is 25.4 Å². The molecule has 0 rings (SSSR count). The maximum absolute atomic E-state index is 11.2. The van der Waals surface area contributed by atoms with Gasteiger partial charge in [-0.15, -0.1) is 0 Å². The van der Waals surface area contributed by atoms with Crippen molar-refractivity contribution in [3.8, 4) is 0 Å². The van der Waals surface area contributed by atoms with Crippen LogP contribution in [0.5, 0.6) is 0 Å². The highest BCUT2D eigenvalue weighted by atomic mass is 28.3. The van der Waals surface area contributed by atoms with Crippen LogP contribution in [0.1, 0.15) is 13.3 Å². The molecule has 2 amide bonds. The van der Waals surface area contributed by atoms with Crippen LogP contribution in [0.4, 0.5) is 4.79 Å². The fourth-order valence-corrected chi connectivity index (χ4v) is 2.03. The SMILES string of the molecule is C=CC(=O)OCCNC(=O)NCCC[Si](=O)CC. The van der Waals surface area contributed by atoms with Crippen molar-refractivity contribution in [3.05, 3.63) is 12.7 Å². The Bertz CT molecular complexity index is 307. The third-order valence-corrected chi connectivity index (χ3v) is 3.81. The van der Waals surface area contributed by atoms with E-state index in [1.54, 1.807) is 0 Å². The van der Waals surface area contributed by atoms with E-state index in [9.17, 15) is 14.1 Å². The predicted octanol–water partition coefficient (Wildman–Crippen LogP) is 0.847. The van der Waals surface area contributed by atoms with Gasteiger partial charge in [-0.25, -0.2) is 9.59 Å². The molecule has 0 fully saturated rings. The quantitative estimate of drug-likeness (QED) is 0.282. The fraction of sp³-hybridized carbons (Fsp3) is 0.636. The van der Waals surface area contributed by atoms with E-state index in [0.29, 0.717) is 25.1 Å². The number of carbonyl (C=O) groups excluding carboxylic acids is 2. The van der Waals surface area contributed by atoms with E-state index >= 15 is 0 Å². The topological polar surface area (TPSA) is 84.5 Å². The molecule has 0 bridgehead atoms. The average molecular weight is 272 g/mol. The van der Waals surface area contributed by atoms with E-state index in [1.807, 2.05) is 6.92 Å². The molecule has 0 heterocycles. The Morgan fingerprint density at radius 2 is 2.00 bits per heavy atom. The van der Waals surface area contributed by atoms with Crippen LogP contribution in [0.2, 0.25) is 12.1 Å². The van der Waals surface area contributed by atoms with Gasteiger partial charge < -0.3 is 19.8 Å². The molecule has 0 unspecified atom stereocenters. The summed E-state index contributed by atoms with van der Waals surface area (Å²) in [6.07, 6.45) is 1.78. The zero-order valence-electron chi connectivity index (χ0n) is 10.7. The molecule has 0 saturated heterocycles. The van der Waals surface area contributed by atoms with Crippen molar-refractivity contribution in [1.29, 1.82) is 0 Å². The van der Waals surface area contributed by atoms with Crippen molar-refractivity contribution < 1.29 is 18.8 Å². The molecule has 6 nitrogen and oxygen atoms in total. The van der Waals surface area contributed by atoms with Crippen LogP contribution in [-0.2, 0) is 14.0 Å². The minimum atomic E-state index is -1.45. The molecule has 0 atom stereocenters. The highest BCUT2D eigenvalue weighted by Gasteiger charge is 2.03. The lowest BCUT2D eigenvalue weighted by molar-refractivity contribution is -0.137. The Kier molecular flexibility index (Phi) is 9.75. The Morgan fingerprint density at radius 3 is 2.61 bits per heavy atom. The van der Waals surface area contributed by atoms with Gasteiger partial charge in [0.25, 0.3) is 8.68 Å². The van der Waals surface area contributed by atoms with Crippen LogP contribution in [0.15, 0.2) is 12.7 Å². The van der Waals surface area contributed by atoms with Gasteiger partial charge in [0.2, 0.25) is 0 Å². The highest BCUT2D eigenvalue weighted by molar-refractivity contribution is 6.42. The fourth-order valence-electron chi connectivity index (χ4n) is 1.10. The Hall–Kier alpha value is -1.50. The first kappa shape index (κ1) is 16.5. The minimum absolute atomic E-state index is 0.113. The molecule has 0 aromatic carbocycles. The van der Waals surface area contributed by atoms with Gasteiger partial charge in [-0.3, -0.25) is 0 Å². The van der Waals surface area contributed by atoms with Gasteiger partial charge in [-0.1, -0.05) is 13.5 Å². The number of hydrogen-bond donors (Lipinski definition) is 2. The number of urea groups is 1. The van der Waals surface area contributed by atoms with Crippen molar-refractivity contribution >= 4 is 20.7 Å². The molecular weight excluding hydrogens is 252 g/mol. The molecule has 0 aliphatic rings. The Labute approximate surface area is 108 Å². The summed E-state index contributed by atoms with van der Waals surface area (Å²) in [6.45, 7) is 6.00. The second kappa shape index (κ2) is 10.6. The highest BCUT2D eigenvalue weighted by Crippen LogP contribution is 1.93. The van der Waals surface area contributed by atoms with Crippen LogP contribution < -0.4 is 10.6 Å². The summed E-state index contributed by atoms with van der Waals surface area (Å²) < 4.78 is 15.8. The van der Waals surface area contributed by atoms with E-state index in [1.165, 1.54) is 0 Å². The van der Waals surface area contributed by atoms with Gasteiger partial charge in [0, 0.05) is 12.6 Å². The Morgan fingerprint density at radius 1 is 1.33 bits per heavy atom. The monoisotopic (exact) mass is 272 g/mol. The zero-order chi connectivity index (χ0) is 13.8. The maximum atomic E-state index is 11.2.